The first-order chi connectivity index (χ1) is 5.52. The van der Waals surface area contributed by atoms with Crippen molar-refractivity contribution in [2.24, 2.45) is 5.92 Å². The van der Waals surface area contributed by atoms with Crippen LogP contribution in [0.1, 0.15) is 32.1 Å². The number of halogens is 3. The van der Waals surface area contributed by atoms with E-state index >= 15 is 0 Å². The molecule has 0 aromatic rings. The van der Waals surface area contributed by atoms with E-state index in [-0.39, 0.29) is 57.3 Å². The first kappa shape index (κ1) is 14.2. The van der Waals surface area contributed by atoms with Gasteiger partial charge >= 0.3 is 58.4 Å². The van der Waals surface area contributed by atoms with E-state index in [2.05, 4.69) is 6.58 Å². The largest absolute Gasteiger partial charge is 1.00 e. The molecule has 0 aromatic heterocycles. The van der Waals surface area contributed by atoms with Gasteiger partial charge in [-0.3, -0.25) is 0 Å². The van der Waals surface area contributed by atoms with Crippen LogP contribution in [0.15, 0.2) is 12.1 Å². The number of rotatable bonds is 2. The van der Waals surface area contributed by atoms with Crippen LogP contribution in [-0.4, -0.2) is 6.98 Å². The van der Waals surface area contributed by atoms with Crippen LogP contribution in [0.4, 0.5) is 12.9 Å². The zero-order valence-corrected chi connectivity index (χ0v) is 11.2. The summed E-state index contributed by atoms with van der Waals surface area (Å²) in [4.78, 5) is 0. The summed E-state index contributed by atoms with van der Waals surface area (Å²) in [7, 11) is 0. The van der Waals surface area contributed by atoms with E-state index in [4.69, 9.17) is 0 Å². The van der Waals surface area contributed by atoms with Crippen LogP contribution in [0.5, 0.6) is 0 Å². The Hall–Kier alpha value is 1.23. The molecular weight excluding hydrogens is 203 g/mol. The molecule has 0 amide bonds. The average molecular weight is 216 g/mol. The quantitative estimate of drug-likeness (QED) is 0.590. The minimum Gasteiger partial charge on any atom is -0.445 e. The van der Waals surface area contributed by atoms with Crippen molar-refractivity contribution in [1.29, 1.82) is 0 Å². The summed E-state index contributed by atoms with van der Waals surface area (Å²) >= 11 is 0. The molecule has 0 aliphatic heterocycles. The minimum absolute atomic E-state index is 0. The average Bonchev–Trinajstić information content (AvgIpc) is 2.03. The first-order valence-electron chi connectivity index (χ1n) is 4.40. The van der Waals surface area contributed by atoms with Crippen molar-refractivity contribution in [2.75, 3.05) is 0 Å². The van der Waals surface area contributed by atoms with Gasteiger partial charge in [-0.25, -0.2) is 0 Å². The summed E-state index contributed by atoms with van der Waals surface area (Å²) < 4.78 is 36.6. The monoisotopic (exact) mass is 216 g/mol. The molecule has 0 atom stereocenters. The Bertz CT molecular complexity index is 173. The Labute approximate surface area is 120 Å². The third-order valence-electron chi connectivity index (χ3n) is 2.55. The maximum Gasteiger partial charge on any atom is 1.00 e. The topological polar surface area (TPSA) is 0 Å². The second-order valence-corrected chi connectivity index (χ2v) is 3.48. The van der Waals surface area contributed by atoms with Gasteiger partial charge in [-0.15, -0.1) is 12.1 Å². The van der Waals surface area contributed by atoms with Gasteiger partial charge in [0.15, 0.2) is 0 Å². The Kier molecular flexibility index (Phi) is 6.52. The summed E-state index contributed by atoms with van der Waals surface area (Å²) in [5, 5.41) is 0. The Morgan fingerprint density at radius 2 is 1.54 bits per heavy atom. The Morgan fingerprint density at radius 3 is 1.92 bits per heavy atom. The van der Waals surface area contributed by atoms with Crippen LogP contribution >= 0.6 is 0 Å². The first-order valence-corrected chi connectivity index (χ1v) is 4.40. The molecule has 0 radical (unpaired) electrons. The normalized spacial score (nSPS) is 19.3. The SMILES string of the molecule is C=C(C1CCCCC1)[B-](F)(F)F.[K+]. The van der Waals surface area contributed by atoms with Crippen molar-refractivity contribution in [2.45, 2.75) is 32.1 Å². The molecular formula is C8H13BF3K. The van der Waals surface area contributed by atoms with E-state index in [9.17, 15) is 12.9 Å². The van der Waals surface area contributed by atoms with Gasteiger partial charge in [0.05, 0.1) is 0 Å². The molecule has 0 heterocycles. The number of hydrogen-bond donors (Lipinski definition) is 0. The third-order valence-corrected chi connectivity index (χ3v) is 2.55. The van der Waals surface area contributed by atoms with E-state index in [1.165, 1.54) is 0 Å². The van der Waals surface area contributed by atoms with Crippen LogP contribution in [0, 0.1) is 5.92 Å². The molecule has 0 saturated heterocycles. The van der Waals surface area contributed by atoms with Crippen LogP contribution in [-0.2, 0) is 0 Å². The molecule has 0 aromatic carbocycles. The predicted molar refractivity (Wildman–Crippen MR) is 44.8 cm³/mol. The van der Waals surface area contributed by atoms with E-state index in [0.717, 1.165) is 19.3 Å². The molecule has 0 N–H and O–H groups in total. The van der Waals surface area contributed by atoms with Gasteiger partial charge in [-0.2, -0.15) is 0 Å². The van der Waals surface area contributed by atoms with Gasteiger partial charge in [0.1, 0.15) is 0 Å². The van der Waals surface area contributed by atoms with Gasteiger partial charge in [0.25, 0.3) is 0 Å². The molecule has 0 spiro atoms. The fourth-order valence-electron chi connectivity index (χ4n) is 1.74. The summed E-state index contributed by atoms with van der Waals surface area (Å²) in [6.45, 7) is -1.64. The smallest absolute Gasteiger partial charge is 0.445 e. The predicted octanol–water partition coefficient (Wildman–Crippen LogP) is 0.513. The minimum atomic E-state index is -4.79. The van der Waals surface area contributed by atoms with E-state index in [0.29, 0.717) is 12.8 Å². The van der Waals surface area contributed by atoms with E-state index in [1.54, 1.807) is 0 Å². The summed E-state index contributed by atoms with van der Waals surface area (Å²) in [6.07, 6.45) is 4.29. The van der Waals surface area contributed by atoms with Crippen molar-refractivity contribution in [3.8, 4) is 0 Å². The Balaban J connectivity index is 0.00000144. The van der Waals surface area contributed by atoms with Crippen LogP contribution in [0.3, 0.4) is 0 Å². The zero-order chi connectivity index (χ0) is 9.19. The van der Waals surface area contributed by atoms with Crippen molar-refractivity contribution in [1.82, 2.24) is 0 Å². The van der Waals surface area contributed by atoms with Gasteiger partial charge in [0.2, 0.25) is 0 Å². The van der Waals surface area contributed by atoms with Crippen LogP contribution in [0.2, 0.25) is 0 Å². The summed E-state index contributed by atoms with van der Waals surface area (Å²) in [6, 6.07) is 0. The van der Waals surface area contributed by atoms with Gasteiger partial charge in [-0.1, -0.05) is 19.3 Å². The van der Waals surface area contributed by atoms with Crippen molar-refractivity contribution in [3.63, 3.8) is 0 Å². The fraction of sp³-hybridized carbons (Fsp3) is 0.750. The summed E-state index contributed by atoms with van der Waals surface area (Å²) in [5.74, 6) is -0.279. The van der Waals surface area contributed by atoms with Gasteiger partial charge in [-0.05, 0) is 18.8 Å². The fourth-order valence-corrected chi connectivity index (χ4v) is 1.74. The van der Waals surface area contributed by atoms with E-state index < -0.39 is 12.4 Å². The maximum atomic E-state index is 12.2. The molecule has 5 heteroatoms. The van der Waals surface area contributed by atoms with Crippen LogP contribution in [0.25, 0.3) is 0 Å². The van der Waals surface area contributed by atoms with Gasteiger partial charge in [0, 0.05) is 0 Å². The molecule has 13 heavy (non-hydrogen) atoms. The maximum absolute atomic E-state index is 12.2. The molecule has 70 valence electrons. The summed E-state index contributed by atoms with van der Waals surface area (Å²) in [5.41, 5.74) is -0.463. The zero-order valence-electron chi connectivity index (χ0n) is 8.03. The standard InChI is InChI=1S/C8H13BF3.K/c1-7(9(10,11)12)8-5-3-2-4-6-8;/h8H,1-6H2;/q-1;+1. The van der Waals surface area contributed by atoms with Crippen LogP contribution < -0.4 is 51.4 Å². The molecule has 0 nitrogen and oxygen atoms in total. The van der Waals surface area contributed by atoms with Gasteiger partial charge < -0.3 is 12.9 Å². The molecule has 1 fully saturated rings. The number of allylic oxidation sites excluding steroid dienone is 1. The second kappa shape index (κ2) is 5.96. The molecule has 1 aliphatic carbocycles. The Morgan fingerprint density at radius 1 is 1.08 bits per heavy atom. The van der Waals surface area contributed by atoms with Crippen molar-refractivity contribution >= 4 is 6.98 Å². The molecule has 1 saturated carbocycles. The second-order valence-electron chi connectivity index (χ2n) is 3.48. The molecule has 1 aliphatic rings. The molecule has 1 rings (SSSR count). The van der Waals surface area contributed by atoms with E-state index in [1.807, 2.05) is 0 Å². The molecule has 0 unspecified atom stereocenters. The van der Waals surface area contributed by atoms with Crippen molar-refractivity contribution in [3.05, 3.63) is 12.1 Å². The number of hydrogen-bond acceptors (Lipinski definition) is 0. The third kappa shape index (κ3) is 4.51. The van der Waals surface area contributed by atoms with Crippen molar-refractivity contribution < 1.29 is 64.3 Å². The molecule has 0 bridgehead atoms.